The van der Waals surface area contributed by atoms with Gasteiger partial charge in [0.1, 0.15) is 0 Å². The van der Waals surface area contributed by atoms with Crippen LogP contribution in [-0.2, 0) is 61.6 Å². The summed E-state index contributed by atoms with van der Waals surface area (Å²) in [6.07, 6.45) is -1.22. The van der Waals surface area contributed by atoms with E-state index in [0.29, 0.717) is 17.0 Å². The standard InChI is InChI=1S/C53H48N6O7S/c1-54-67(63,64)29-28-58-34-41-23-11-13-26-43(41)45-52(49(58)60,31-36-16-5-2-6-17-36)57-48(66-45)40-25-15-20-38(30-40)33-55-51(62)59-35-42-24-12-14-27-44(42)46-53(50(59)61,32-37-18-7-3-8-19-37)56-47(65-46)39-21-9-4-10-22-39/h2-27,30,45-46,54H,28-29,31-35H2,1H3,(H,55,62)/t45-,46-,52-,53-/m0/s1. The van der Waals surface area contributed by atoms with Gasteiger partial charge in [-0.25, -0.2) is 27.9 Å². The first-order valence-electron chi connectivity index (χ1n) is 22.3. The summed E-state index contributed by atoms with van der Waals surface area (Å²) in [6, 6.07) is 50.8. The number of urea groups is 1. The molecule has 0 saturated heterocycles. The van der Waals surface area contributed by atoms with Crippen LogP contribution in [0.3, 0.4) is 0 Å². The average molecular weight is 913 g/mol. The number of ether oxygens (including phenoxy) is 2. The highest BCUT2D eigenvalue weighted by atomic mass is 32.2. The maximum Gasteiger partial charge on any atom is 0.324 e. The molecule has 4 amide bonds. The summed E-state index contributed by atoms with van der Waals surface area (Å²) >= 11 is 0. The minimum absolute atomic E-state index is 0.0103. The lowest BCUT2D eigenvalue weighted by Crippen LogP contribution is -2.53. The highest BCUT2D eigenvalue weighted by molar-refractivity contribution is 7.89. The molecule has 0 bridgehead atoms. The molecule has 4 atom stereocenters. The molecular formula is C53H48N6O7S. The van der Waals surface area contributed by atoms with E-state index in [-0.39, 0.29) is 56.6 Å². The van der Waals surface area contributed by atoms with Gasteiger partial charge in [0.25, 0.3) is 11.8 Å². The first kappa shape index (κ1) is 43.5. The number of aliphatic imine (C=N–C) groups is 2. The van der Waals surface area contributed by atoms with Crippen molar-refractivity contribution in [3.63, 3.8) is 0 Å². The topological polar surface area (TPSA) is 159 Å². The third-order valence-electron chi connectivity index (χ3n) is 13.0. The molecule has 4 heterocycles. The van der Waals surface area contributed by atoms with Crippen LogP contribution in [0.25, 0.3) is 0 Å². The molecule has 13 nitrogen and oxygen atoms in total. The van der Waals surface area contributed by atoms with Crippen molar-refractivity contribution in [1.82, 2.24) is 19.8 Å². The van der Waals surface area contributed by atoms with Crippen molar-refractivity contribution in [2.45, 2.75) is 55.8 Å². The Hall–Kier alpha value is -7.42. The second kappa shape index (κ2) is 17.8. The second-order valence-corrected chi connectivity index (χ2v) is 19.3. The van der Waals surface area contributed by atoms with Crippen molar-refractivity contribution in [1.29, 1.82) is 0 Å². The molecule has 0 saturated carbocycles. The summed E-state index contributed by atoms with van der Waals surface area (Å²) < 4.78 is 41.1. The highest BCUT2D eigenvalue weighted by Crippen LogP contribution is 2.48. The molecule has 0 aromatic heterocycles. The van der Waals surface area contributed by atoms with Crippen molar-refractivity contribution < 1.29 is 32.3 Å². The summed E-state index contributed by atoms with van der Waals surface area (Å²) in [4.78, 5) is 57.9. The molecule has 67 heavy (non-hydrogen) atoms. The Morgan fingerprint density at radius 3 is 1.72 bits per heavy atom. The number of benzene rings is 6. The summed E-state index contributed by atoms with van der Waals surface area (Å²) in [5.41, 5.74) is 3.95. The third kappa shape index (κ3) is 8.27. The molecular weight excluding hydrogens is 865 g/mol. The molecule has 0 spiro atoms. The number of amides is 4. The van der Waals surface area contributed by atoms with Crippen molar-refractivity contribution in [3.8, 4) is 0 Å². The normalized spacial score (nSPS) is 21.9. The number of hydrogen-bond donors (Lipinski definition) is 2. The number of carbonyl (C=O) groups is 3. The zero-order valence-electron chi connectivity index (χ0n) is 36.7. The number of imide groups is 1. The molecule has 0 unspecified atom stereocenters. The minimum atomic E-state index is -3.63. The first-order chi connectivity index (χ1) is 32.6. The van der Waals surface area contributed by atoms with Gasteiger partial charge in [-0.1, -0.05) is 140 Å². The number of nitrogens with one attached hydrogen (secondary N) is 2. The maximum absolute atomic E-state index is 15.2. The van der Waals surface area contributed by atoms with E-state index in [0.717, 1.165) is 38.9 Å². The summed E-state index contributed by atoms with van der Waals surface area (Å²) in [5, 5.41) is 3.02. The number of nitrogens with zero attached hydrogens (tertiary/aromatic N) is 4. The molecule has 2 N–H and O–H groups in total. The number of carbonyl (C=O) groups excluding carboxylic acids is 3. The Balaban J connectivity index is 0.968. The predicted molar refractivity (Wildman–Crippen MR) is 253 cm³/mol. The van der Waals surface area contributed by atoms with Gasteiger partial charge in [-0.3, -0.25) is 14.5 Å². The quantitative estimate of drug-likeness (QED) is 0.136. The van der Waals surface area contributed by atoms with Gasteiger partial charge < -0.3 is 19.7 Å². The van der Waals surface area contributed by atoms with Crippen LogP contribution in [0.1, 0.15) is 62.3 Å². The molecule has 6 aromatic carbocycles. The van der Waals surface area contributed by atoms with Crippen molar-refractivity contribution in [2.75, 3.05) is 19.3 Å². The molecule has 4 aliphatic heterocycles. The number of sulfonamides is 1. The summed E-state index contributed by atoms with van der Waals surface area (Å²) in [7, 11) is -2.28. The fourth-order valence-electron chi connectivity index (χ4n) is 9.65. The van der Waals surface area contributed by atoms with Crippen LogP contribution in [0.2, 0.25) is 0 Å². The van der Waals surface area contributed by atoms with E-state index >= 15 is 9.59 Å². The Morgan fingerprint density at radius 1 is 0.627 bits per heavy atom. The number of hydrogen-bond acceptors (Lipinski definition) is 9. The molecule has 0 fully saturated rings. The fourth-order valence-corrected chi connectivity index (χ4v) is 10.3. The Morgan fingerprint density at radius 2 is 1.12 bits per heavy atom. The zero-order chi connectivity index (χ0) is 46.2. The Bertz CT molecular complexity index is 3040. The lowest BCUT2D eigenvalue weighted by atomic mass is 9.81. The largest absolute Gasteiger partial charge is 0.466 e. The van der Waals surface area contributed by atoms with Crippen molar-refractivity contribution >= 4 is 39.7 Å². The van der Waals surface area contributed by atoms with E-state index in [1.807, 2.05) is 164 Å². The number of fused-ring (bicyclic) bond motifs is 6. The predicted octanol–water partition coefficient (Wildman–Crippen LogP) is 6.83. The van der Waals surface area contributed by atoms with Crippen molar-refractivity contribution in [2.24, 2.45) is 9.98 Å². The van der Waals surface area contributed by atoms with E-state index in [2.05, 4.69) is 10.0 Å². The van der Waals surface area contributed by atoms with Crippen LogP contribution in [0.4, 0.5) is 4.79 Å². The molecule has 10 rings (SSSR count). The van der Waals surface area contributed by atoms with Crippen LogP contribution in [0.5, 0.6) is 0 Å². The molecule has 4 aliphatic rings. The molecule has 14 heteroatoms. The Kier molecular flexibility index (Phi) is 11.5. The first-order valence-corrected chi connectivity index (χ1v) is 23.9. The van der Waals surface area contributed by atoms with Gasteiger partial charge in [0.15, 0.2) is 23.3 Å². The van der Waals surface area contributed by atoms with Crippen LogP contribution in [0.15, 0.2) is 174 Å². The SMILES string of the molecule is CNS(=O)(=O)CCN1Cc2ccccc2[C@@H]2OC(c3cccc(CNC(=O)N4Cc5ccccc5[C@@H]5OC(c6ccccc6)=N[C@]5(Cc5ccccc5)C4=O)c3)=N[C@]2(Cc2ccccc2)C1=O. The molecule has 6 aromatic rings. The summed E-state index contributed by atoms with van der Waals surface area (Å²) in [5.74, 6) is -0.529. The van der Waals surface area contributed by atoms with Crippen molar-refractivity contribution in [3.05, 3.63) is 214 Å². The van der Waals surface area contributed by atoms with Gasteiger partial charge in [0, 0.05) is 54.7 Å². The van der Waals surface area contributed by atoms with Crippen LogP contribution in [-0.4, -0.2) is 78.3 Å². The van der Waals surface area contributed by atoms with Gasteiger partial charge in [-0.15, -0.1) is 0 Å². The van der Waals surface area contributed by atoms with E-state index in [1.165, 1.54) is 11.9 Å². The number of rotatable bonds is 12. The Labute approximate surface area is 389 Å². The van der Waals surface area contributed by atoms with Crippen LogP contribution in [0, 0.1) is 0 Å². The van der Waals surface area contributed by atoms with Gasteiger partial charge in [0.2, 0.25) is 21.8 Å². The van der Waals surface area contributed by atoms with Gasteiger partial charge >= 0.3 is 6.03 Å². The third-order valence-corrected chi connectivity index (χ3v) is 14.4. The fraction of sp³-hybridized carbons (Fsp3) is 0.226. The molecule has 0 radical (unpaired) electrons. The minimum Gasteiger partial charge on any atom is -0.466 e. The smallest absolute Gasteiger partial charge is 0.324 e. The van der Waals surface area contributed by atoms with E-state index in [4.69, 9.17) is 19.5 Å². The van der Waals surface area contributed by atoms with Gasteiger partial charge in [-0.2, -0.15) is 0 Å². The van der Waals surface area contributed by atoms with Gasteiger partial charge in [-0.05, 0) is 59.1 Å². The van der Waals surface area contributed by atoms with Gasteiger partial charge in [0.05, 0.1) is 12.3 Å². The summed E-state index contributed by atoms with van der Waals surface area (Å²) in [6.45, 7) is 0.198. The lowest BCUT2D eigenvalue weighted by Gasteiger charge is -2.32. The molecule has 0 aliphatic carbocycles. The zero-order valence-corrected chi connectivity index (χ0v) is 37.6. The maximum atomic E-state index is 15.2. The highest BCUT2D eigenvalue weighted by Gasteiger charge is 2.59. The van der Waals surface area contributed by atoms with Crippen LogP contribution < -0.4 is 10.0 Å². The van der Waals surface area contributed by atoms with E-state index < -0.39 is 45.2 Å². The van der Waals surface area contributed by atoms with E-state index in [1.54, 1.807) is 4.90 Å². The van der Waals surface area contributed by atoms with E-state index in [9.17, 15) is 13.2 Å². The average Bonchev–Trinajstić information content (AvgIpc) is 3.90. The molecule has 338 valence electrons. The second-order valence-electron chi connectivity index (χ2n) is 17.3. The van der Waals surface area contributed by atoms with Crippen LogP contribution >= 0.6 is 0 Å². The monoisotopic (exact) mass is 912 g/mol. The lowest BCUT2D eigenvalue weighted by molar-refractivity contribution is -0.139.